The third-order valence-corrected chi connectivity index (χ3v) is 9.97. The number of ketones is 1. The lowest BCUT2D eigenvalue weighted by molar-refractivity contribution is -0.114. The molecule has 1 aromatic carbocycles. The van der Waals surface area contributed by atoms with Crippen molar-refractivity contribution in [3.05, 3.63) is 71.2 Å². The highest BCUT2D eigenvalue weighted by atomic mass is 16.3. The van der Waals surface area contributed by atoms with Gasteiger partial charge in [0.15, 0.2) is 5.78 Å². The van der Waals surface area contributed by atoms with Gasteiger partial charge in [0.1, 0.15) is 0 Å². The summed E-state index contributed by atoms with van der Waals surface area (Å²) in [5, 5.41) is 21.5. The maximum atomic E-state index is 12.2. The van der Waals surface area contributed by atoms with Gasteiger partial charge in [0.25, 0.3) is 0 Å². The first-order valence-electron chi connectivity index (χ1n) is 13.4. The van der Waals surface area contributed by atoms with Gasteiger partial charge < -0.3 is 14.6 Å². The van der Waals surface area contributed by atoms with E-state index in [1.54, 1.807) is 18.1 Å². The molecule has 6 rings (SSSR count). The minimum absolute atomic E-state index is 0.128. The molecule has 2 N–H and O–H groups in total. The quantitative estimate of drug-likeness (QED) is 0.532. The average Bonchev–Trinajstić information content (AvgIpc) is 3.49. The number of allylic oxidation sites excluding steroid dienone is 4. The molecule has 1 heterocycles. The summed E-state index contributed by atoms with van der Waals surface area (Å²) in [6, 6.07) is 10.9. The predicted molar refractivity (Wildman–Crippen MR) is 136 cm³/mol. The molecule has 2 fully saturated rings. The number of aliphatic hydroxyl groups excluding tert-OH is 1. The van der Waals surface area contributed by atoms with E-state index in [1.807, 2.05) is 12.1 Å². The first kappa shape index (κ1) is 23.0. The van der Waals surface area contributed by atoms with Crippen molar-refractivity contribution in [1.82, 2.24) is 0 Å². The van der Waals surface area contributed by atoms with Gasteiger partial charge in [-0.15, -0.1) is 0 Å². The lowest BCUT2D eigenvalue weighted by atomic mass is 9.51. The Morgan fingerprint density at radius 1 is 1.06 bits per heavy atom. The van der Waals surface area contributed by atoms with Gasteiger partial charge in [-0.3, -0.25) is 4.79 Å². The van der Waals surface area contributed by atoms with E-state index in [-0.39, 0.29) is 23.7 Å². The largest absolute Gasteiger partial charge is 0.472 e. The summed E-state index contributed by atoms with van der Waals surface area (Å²) in [7, 11) is 0. The maximum absolute atomic E-state index is 12.2. The Kier molecular flexibility index (Phi) is 5.65. The highest BCUT2D eigenvalue weighted by Crippen LogP contribution is 2.67. The van der Waals surface area contributed by atoms with Crippen LogP contribution in [0.5, 0.6) is 0 Å². The van der Waals surface area contributed by atoms with E-state index in [0.717, 1.165) is 49.7 Å². The van der Waals surface area contributed by atoms with Gasteiger partial charge in [-0.05, 0) is 97.6 Å². The number of furan rings is 1. The Bertz CT molecular complexity index is 1170. The van der Waals surface area contributed by atoms with Gasteiger partial charge in [0, 0.05) is 29.9 Å². The number of hydrogen-bond acceptors (Lipinski definition) is 4. The van der Waals surface area contributed by atoms with E-state index >= 15 is 0 Å². The minimum Gasteiger partial charge on any atom is -0.472 e. The molecular formula is C31H36O4. The summed E-state index contributed by atoms with van der Waals surface area (Å²) in [4.78, 5) is 12.2. The second-order valence-electron chi connectivity index (χ2n) is 11.5. The molecule has 2 saturated carbocycles. The number of fused-ring (bicyclic) bond motifs is 4. The minimum atomic E-state index is -0.732. The van der Waals surface area contributed by atoms with Gasteiger partial charge in [0.05, 0.1) is 18.1 Å². The summed E-state index contributed by atoms with van der Waals surface area (Å²) in [5.74, 6) is 1.42. The molecule has 0 saturated heterocycles. The van der Waals surface area contributed by atoms with Gasteiger partial charge >= 0.3 is 0 Å². The molecule has 0 spiro atoms. The van der Waals surface area contributed by atoms with Crippen molar-refractivity contribution in [3.63, 3.8) is 0 Å². The van der Waals surface area contributed by atoms with Gasteiger partial charge in [0.2, 0.25) is 0 Å². The van der Waals surface area contributed by atoms with E-state index in [9.17, 15) is 15.0 Å². The third kappa shape index (κ3) is 3.60. The Balaban J connectivity index is 1.46. The molecule has 184 valence electrons. The molecule has 4 nitrogen and oxygen atoms in total. The smallest absolute Gasteiger partial charge is 0.156 e. The number of carbonyl (C=O) groups excluding carboxylic acids is 1. The highest BCUT2D eigenvalue weighted by molar-refractivity contribution is 5.93. The fourth-order valence-electron chi connectivity index (χ4n) is 8.17. The fraction of sp³-hybridized carbons (Fsp3) is 0.516. The summed E-state index contributed by atoms with van der Waals surface area (Å²) in [6.45, 7) is 2.45. The van der Waals surface area contributed by atoms with Crippen LogP contribution in [0.3, 0.4) is 0 Å². The summed E-state index contributed by atoms with van der Waals surface area (Å²) >= 11 is 0. The number of benzene rings is 1. The number of rotatable bonds is 5. The normalized spacial score (nSPS) is 34.3. The lowest BCUT2D eigenvalue weighted by Gasteiger charge is -2.55. The highest BCUT2D eigenvalue weighted by Gasteiger charge is 2.62. The number of hydrogen-bond donors (Lipinski definition) is 2. The Labute approximate surface area is 207 Å². The van der Waals surface area contributed by atoms with Crippen molar-refractivity contribution in [2.75, 3.05) is 6.61 Å². The van der Waals surface area contributed by atoms with Gasteiger partial charge in [-0.1, -0.05) is 36.8 Å². The first-order valence-corrected chi connectivity index (χ1v) is 13.4. The zero-order valence-corrected chi connectivity index (χ0v) is 20.6. The van der Waals surface area contributed by atoms with Crippen molar-refractivity contribution >= 4 is 5.78 Å². The average molecular weight is 473 g/mol. The second kappa shape index (κ2) is 8.60. The van der Waals surface area contributed by atoms with E-state index in [2.05, 4.69) is 31.2 Å². The fourth-order valence-corrected chi connectivity index (χ4v) is 8.17. The van der Waals surface area contributed by atoms with Crippen LogP contribution in [0.15, 0.2) is 70.1 Å². The molecule has 1 aromatic heterocycles. The van der Waals surface area contributed by atoms with Crippen molar-refractivity contribution in [2.24, 2.45) is 17.3 Å². The summed E-state index contributed by atoms with van der Waals surface area (Å²) in [5.41, 5.74) is 6.88. The van der Waals surface area contributed by atoms with Crippen LogP contribution in [0.2, 0.25) is 0 Å². The molecule has 0 amide bonds. The molecule has 4 heteroatoms. The topological polar surface area (TPSA) is 70.7 Å². The Morgan fingerprint density at radius 2 is 1.89 bits per heavy atom. The molecule has 4 aliphatic carbocycles. The molecular weight excluding hydrogens is 436 g/mol. The Morgan fingerprint density at radius 3 is 2.63 bits per heavy atom. The molecule has 0 radical (unpaired) electrons. The van der Waals surface area contributed by atoms with Crippen molar-refractivity contribution < 1.29 is 19.4 Å². The van der Waals surface area contributed by atoms with Crippen molar-refractivity contribution in [3.8, 4) is 11.1 Å². The van der Waals surface area contributed by atoms with E-state index < -0.39 is 5.60 Å². The van der Waals surface area contributed by atoms with Crippen LogP contribution < -0.4 is 0 Å². The van der Waals surface area contributed by atoms with Crippen LogP contribution in [0.25, 0.3) is 11.1 Å². The zero-order valence-electron chi connectivity index (χ0n) is 20.6. The molecule has 0 aliphatic heterocycles. The van der Waals surface area contributed by atoms with Crippen molar-refractivity contribution in [2.45, 2.75) is 76.2 Å². The SMILES string of the molecule is C[C@@]12C[C@H](c3ccc(-c4ccoc4)cc3)C3=C4CCC(=O)C=C4CC[C@H]3[C@@H]1CC[C@]2(O)CCCO. The van der Waals surface area contributed by atoms with Crippen LogP contribution in [-0.2, 0) is 4.79 Å². The molecule has 5 atom stereocenters. The second-order valence-corrected chi connectivity index (χ2v) is 11.5. The zero-order chi connectivity index (χ0) is 24.2. The van der Waals surface area contributed by atoms with Gasteiger partial charge in [-0.25, -0.2) is 0 Å². The summed E-state index contributed by atoms with van der Waals surface area (Å²) < 4.78 is 5.28. The van der Waals surface area contributed by atoms with E-state index in [4.69, 9.17) is 4.42 Å². The molecule has 0 unspecified atom stereocenters. The van der Waals surface area contributed by atoms with Crippen LogP contribution in [0, 0.1) is 17.3 Å². The van der Waals surface area contributed by atoms with E-state index in [0.29, 0.717) is 31.1 Å². The first-order chi connectivity index (χ1) is 16.9. The molecule has 4 aliphatic rings. The third-order valence-electron chi connectivity index (χ3n) is 9.97. The van der Waals surface area contributed by atoms with Gasteiger partial charge in [-0.2, -0.15) is 0 Å². The molecule has 0 bridgehead atoms. The standard InChI is InChI=1S/C31H36O4/c1-30-18-27(21-5-3-20(4-6-21)23-12-16-35-19-23)29-25-10-8-24(33)17-22(25)7-9-26(29)28(30)11-14-31(30,34)13-2-15-32/h3-6,12,16-17,19,26-28,32,34H,2,7-11,13-15,18H2,1H3/t26-,27+,28-,30+,31+/m0/s1. The molecule has 2 aromatic rings. The van der Waals surface area contributed by atoms with Crippen LogP contribution >= 0.6 is 0 Å². The monoisotopic (exact) mass is 472 g/mol. The van der Waals surface area contributed by atoms with E-state index in [1.165, 1.54) is 16.7 Å². The molecule has 35 heavy (non-hydrogen) atoms. The summed E-state index contributed by atoms with van der Waals surface area (Å²) in [6.07, 6.45) is 13.0. The number of carbonyl (C=O) groups is 1. The maximum Gasteiger partial charge on any atom is 0.156 e. The van der Waals surface area contributed by atoms with Crippen LogP contribution in [0.4, 0.5) is 0 Å². The van der Waals surface area contributed by atoms with Crippen LogP contribution in [0.1, 0.15) is 76.2 Å². The Hall–Kier alpha value is -2.43. The lowest BCUT2D eigenvalue weighted by Crippen LogP contribution is -2.51. The predicted octanol–water partition coefficient (Wildman–Crippen LogP) is 6.35. The van der Waals surface area contributed by atoms with Crippen LogP contribution in [-0.4, -0.2) is 28.2 Å². The number of aliphatic hydroxyl groups is 2. The van der Waals surface area contributed by atoms with Crippen molar-refractivity contribution in [1.29, 1.82) is 0 Å².